The van der Waals surface area contributed by atoms with E-state index in [0.29, 0.717) is 11.9 Å². The summed E-state index contributed by atoms with van der Waals surface area (Å²) >= 11 is 0. The van der Waals surface area contributed by atoms with E-state index in [0.717, 1.165) is 68.7 Å². The van der Waals surface area contributed by atoms with Crippen molar-refractivity contribution < 1.29 is 9.47 Å². The number of anilines is 1. The Bertz CT molecular complexity index is 918. The van der Waals surface area contributed by atoms with E-state index in [1.807, 2.05) is 29.2 Å². The van der Waals surface area contributed by atoms with Crippen LogP contribution in [-0.4, -0.2) is 57.4 Å². The number of morpholine rings is 1. The predicted octanol–water partition coefficient (Wildman–Crippen LogP) is 2.62. The molecule has 5 rings (SSSR count). The van der Waals surface area contributed by atoms with Gasteiger partial charge in [-0.3, -0.25) is 4.98 Å². The molecule has 8 nitrogen and oxygen atoms in total. The maximum absolute atomic E-state index is 6.41. The van der Waals surface area contributed by atoms with Crippen LogP contribution in [0.5, 0.6) is 5.88 Å². The van der Waals surface area contributed by atoms with Gasteiger partial charge in [0.1, 0.15) is 11.9 Å². The summed E-state index contributed by atoms with van der Waals surface area (Å²) in [4.78, 5) is 13.5. The fourth-order valence-corrected chi connectivity index (χ4v) is 4.04. The molecule has 1 saturated carbocycles. The fraction of sp³-hybridized carbons (Fsp3) is 0.500. The Balaban J connectivity index is 1.36. The van der Waals surface area contributed by atoms with Crippen molar-refractivity contribution in [2.75, 3.05) is 31.2 Å². The third-order valence-electron chi connectivity index (χ3n) is 5.57. The molecule has 2 fully saturated rings. The molecule has 1 aliphatic heterocycles. The van der Waals surface area contributed by atoms with Crippen molar-refractivity contribution in [3.63, 3.8) is 0 Å². The molecule has 3 aromatic rings. The van der Waals surface area contributed by atoms with E-state index < -0.39 is 0 Å². The Hall–Kier alpha value is -2.74. The van der Waals surface area contributed by atoms with Crippen LogP contribution in [0.15, 0.2) is 36.8 Å². The molecule has 0 N–H and O–H groups in total. The Morgan fingerprint density at radius 2 is 1.79 bits per heavy atom. The second-order valence-corrected chi connectivity index (χ2v) is 7.35. The average molecular weight is 380 g/mol. The highest BCUT2D eigenvalue weighted by Gasteiger charge is 2.26. The first-order chi connectivity index (χ1) is 13.9. The molecular formula is C20H24N6O2. The zero-order valence-corrected chi connectivity index (χ0v) is 15.8. The van der Waals surface area contributed by atoms with Gasteiger partial charge in [-0.1, -0.05) is 0 Å². The first kappa shape index (κ1) is 17.4. The molecule has 0 atom stereocenters. The monoisotopic (exact) mass is 380 g/mol. The molecule has 8 heteroatoms. The van der Waals surface area contributed by atoms with E-state index in [-0.39, 0.29) is 6.10 Å². The molecule has 1 aliphatic carbocycles. The first-order valence-electron chi connectivity index (χ1n) is 9.98. The summed E-state index contributed by atoms with van der Waals surface area (Å²) in [5.74, 6) is 1.60. The Labute approximate surface area is 163 Å². The van der Waals surface area contributed by atoms with E-state index in [2.05, 4.69) is 20.1 Å². The second-order valence-electron chi connectivity index (χ2n) is 7.35. The highest BCUT2D eigenvalue weighted by molar-refractivity contribution is 5.85. The first-order valence-corrected chi connectivity index (χ1v) is 9.98. The lowest BCUT2D eigenvalue weighted by atomic mass is 9.93. The maximum atomic E-state index is 6.41. The zero-order chi connectivity index (χ0) is 18.8. The van der Waals surface area contributed by atoms with Gasteiger partial charge in [0.05, 0.1) is 42.6 Å². The number of pyridine rings is 2. The number of ether oxygens (including phenoxy) is 2. The summed E-state index contributed by atoms with van der Waals surface area (Å²) in [5, 5.41) is 9.53. The number of fused-ring (bicyclic) bond motifs is 1. The number of rotatable bonds is 4. The molecule has 0 amide bonds. The van der Waals surface area contributed by atoms with Crippen molar-refractivity contribution in [1.29, 1.82) is 0 Å². The van der Waals surface area contributed by atoms with Crippen LogP contribution < -0.4 is 9.64 Å². The van der Waals surface area contributed by atoms with Gasteiger partial charge in [0, 0.05) is 25.4 Å². The molecule has 0 radical (unpaired) electrons. The molecule has 4 heterocycles. The van der Waals surface area contributed by atoms with Gasteiger partial charge in [-0.25, -0.2) is 0 Å². The summed E-state index contributed by atoms with van der Waals surface area (Å²) in [7, 11) is 0. The Morgan fingerprint density at radius 3 is 2.57 bits per heavy atom. The summed E-state index contributed by atoms with van der Waals surface area (Å²) < 4.78 is 11.9. The molecule has 3 aromatic heterocycles. The second kappa shape index (κ2) is 7.71. The van der Waals surface area contributed by atoms with Crippen molar-refractivity contribution >= 4 is 16.7 Å². The lowest BCUT2D eigenvalue weighted by molar-refractivity contribution is 0.119. The number of nitrogens with zero attached hydrogens (tertiary/aromatic N) is 6. The van der Waals surface area contributed by atoms with Gasteiger partial charge in [-0.05, 0) is 37.8 Å². The van der Waals surface area contributed by atoms with Gasteiger partial charge < -0.3 is 14.4 Å². The summed E-state index contributed by atoms with van der Waals surface area (Å²) in [6.07, 6.45) is 9.41. The summed E-state index contributed by atoms with van der Waals surface area (Å²) in [6.45, 7) is 3.13. The standard InChI is InChI=1S/C20H24N6O2/c1-2-17-18(21-7-1)14-19(25-10-12-27-13-11-25)24-20(17)28-16-5-3-15(4-6-16)26-22-8-9-23-26/h1-2,7-9,14-16H,3-6,10-13H2/t15-,16+. The van der Waals surface area contributed by atoms with Gasteiger partial charge in [0.15, 0.2) is 0 Å². The van der Waals surface area contributed by atoms with Gasteiger partial charge in [-0.2, -0.15) is 20.0 Å². The van der Waals surface area contributed by atoms with Crippen LogP contribution >= 0.6 is 0 Å². The Kier molecular flexibility index (Phi) is 4.78. The minimum atomic E-state index is 0.155. The van der Waals surface area contributed by atoms with Crippen LogP contribution in [0.1, 0.15) is 31.7 Å². The lowest BCUT2D eigenvalue weighted by Crippen LogP contribution is -2.36. The molecule has 1 saturated heterocycles. The van der Waals surface area contributed by atoms with Crippen LogP contribution in [-0.2, 0) is 4.74 Å². The molecular weight excluding hydrogens is 356 g/mol. The quantitative estimate of drug-likeness (QED) is 0.688. The topological polar surface area (TPSA) is 78.2 Å². The van der Waals surface area contributed by atoms with E-state index >= 15 is 0 Å². The van der Waals surface area contributed by atoms with Crippen LogP contribution in [0.4, 0.5) is 5.82 Å². The van der Waals surface area contributed by atoms with Gasteiger partial charge in [0.25, 0.3) is 0 Å². The minimum absolute atomic E-state index is 0.155. The average Bonchev–Trinajstić information content (AvgIpc) is 3.30. The normalized spacial score (nSPS) is 23.1. The molecule has 28 heavy (non-hydrogen) atoms. The number of aromatic nitrogens is 5. The van der Waals surface area contributed by atoms with Crippen LogP contribution in [0, 0.1) is 0 Å². The van der Waals surface area contributed by atoms with E-state index in [1.165, 1.54) is 0 Å². The van der Waals surface area contributed by atoms with Crippen molar-refractivity contribution in [2.24, 2.45) is 0 Å². The van der Waals surface area contributed by atoms with Crippen LogP contribution in [0.25, 0.3) is 10.9 Å². The highest BCUT2D eigenvalue weighted by Crippen LogP contribution is 2.33. The molecule has 0 spiro atoms. The van der Waals surface area contributed by atoms with Gasteiger partial charge in [-0.15, -0.1) is 0 Å². The van der Waals surface area contributed by atoms with Crippen LogP contribution in [0.3, 0.4) is 0 Å². The molecule has 2 aliphatic rings. The third kappa shape index (κ3) is 3.52. The van der Waals surface area contributed by atoms with Crippen molar-refractivity contribution in [3.8, 4) is 5.88 Å². The zero-order valence-electron chi connectivity index (χ0n) is 15.8. The van der Waals surface area contributed by atoms with E-state index in [4.69, 9.17) is 14.5 Å². The smallest absolute Gasteiger partial charge is 0.225 e. The molecule has 146 valence electrons. The number of hydrogen-bond acceptors (Lipinski definition) is 7. The number of hydrogen-bond donors (Lipinski definition) is 0. The van der Waals surface area contributed by atoms with Crippen molar-refractivity contribution in [3.05, 3.63) is 36.8 Å². The summed E-state index contributed by atoms with van der Waals surface area (Å²) in [5.41, 5.74) is 0.920. The van der Waals surface area contributed by atoms with Crippen molar-refractivity contribution in [1.82, 2.24) is 25.0 Å². The predicted molar refractivity (Wildman–Crippen MR) is 105 cm³/mol. The van der Waals surface area contributed by atoms with Crippen LogP contribution in [0.2, 0.25) is 0 Å². The fourth-order valence-electron chi connectivity index (χ4n) is 4.04. The third-order valence-corrected chi connectivity index (χ3v) is 5.57. The maximum Gasteiger partial charge on any atom is 0.225 e. The highest BCUT2D eigenvalue weighted by atomic mass is 16.5. The largest absolute Gasteiger partial charge is 0.474 e. The van der Waals surface area contributed by atoms with E-state index in [9.17, 15) is 0 Å². The SMILES string of the molecule is c1cnc2cc(N3CCOCC3)nc(O[C@H]3CC[C@@H](n4nccn4)CC3)c2c1. The van der Waals surface area contributed by atoms with Gasteiger partial charge >= 0.3 is 0 Å². The minimum Gasteiger partial charge on any atom is -0.474 e. The Morgan fingerprint density at radius 1 is 1.00 bits per heavy atom. The molecule has 0 bridgehead atoms. The van der Waals surface area contributed by atoms with Crippen molar-refractivity contribution in [2.45, 2.75) is 37.8 Å². The molecule has 0 aromatic carbocycles. The van der Waals surface area contributed by atoms with E-state index in [1.54, 1.807) is 12.4 Å². The summed E-state index contributed by atoms with van der Waals surface area (Å²) in [6, 6.07) is 6.38. The lowest BCUT2D eigenvalue weighted by Gasteiger charge is -2.30. The van der Waals surface area contributed by atoms with Gasteiger partial charge in [0.2, 0.25) is 5.88 Å². The molecule has 0 unspecified atom stereocenters.